The number of hydrogen-bond donors (Lipinski definition) is 1. The molecule has 4 aromatic rings. The third-order valence-corrected chi connectivity index (χ3v) is 5.28. The van der Waals surface area contributed by atoms with Crippen LogP contribution < -0.4 is 9.88 Å². The SMILES string of the molecule is O=C1C(Cc2ccco2)Nc2c(-c3ccnc(Br)c3)nc(-c3ccccc3)c[n+]21. The first-order valence-electron chi connectivity index (χ1n) is 9.16. The van der Waals surface area contributed by atoms with E-state index in [2.05, 4.69) is 26.2 Å². The van der Waals surface area contributed by atoms with Crippen molar-refractivity contribution in [2.45, 2.75) is 12.5 Å². The lowest BCUT2D eigenvalue weighted by Crippen LogP contribution is -2.43. The fourth-order valence-corrected chi connectivity index (χ4v) is 3.84. The quantitative estimate of drug-likeness (QED) is 0.376. The second kappa shape index (κ2) is 7.25. The summed E-state index contributed by atoms with van der Waals surface area (Å²) in [5, 5.41) is 3.34. The second-order valence-corrected chi connectivity index (χ2v) is 7.56. The van der Waals surface area contributed by atoms with Gasteiger partial charge in [0.15, 0.2) is 5.69 Å². The molecule has 0 saturated carbocycles. The van der Waals surface area contributed by atoms with Gasteiger partial charge in [-0.1, -0.05) is 30.3 Å². The first-order chi connectivity index (χ1) is 14.2. The first kappa shape index (κ1) is 17.8. The molecule has 142 valence electrons. The number of rotatable bonds is 4. The summed E-state index contributed by atoms with van der Waals surface area (Å²) in [7, 11) is 0. The average Bonchev–Trinajstić information content (AvgIpc) is 3.37. The molecule has 6 nitrogen and oxygen atoms in total. The van der Waals surface area contributed by atoms with E-state index >= 15 is 0 Å². The zero-order chi connectivity index (χ0) is 19.8. The first-order valence-corrected chi connectivity index (χ1v) is 9.95. The van der Waals surface area contributed by atoms with Gasteiger partial charge in [-0.2, -0.15) is 4.57 Å². The highest BCUT2D eigenvalue weighted by molar-refractivity contribution is 9.10. The Kier molecular flexibility index (Phi) is 4.44. The Morgan fingerprint density at radius 1 is 1.10 bits per heavy atom. The fourth-order valence-electron chi connectivity index (χ4n) is 3.48. The molecule has 1 aliphatic heterocycles. The lowest BCUT2D eigenvalue weighted by molar-refractivity contribution is -0.551. The van der Waals surface area contributed by atoms with Gasteiger partial charge in [0.1, 0.15) is 22.3 Å². The molecule has 0 radical (unpaired) electrons. The Hall–Kier alpha value is -3.32. The summed E-state index contributed by atoms with van der Waals surface area (Å²) in [6, 6.07) is 16.9. The molecule has 1 unspecified atom stereocenters. The van der Waals surface area contributed by atoms with E-state index in [1.807, 2.05) is 54.6 Å². The van der Waals surface area contributed by atoms with Gasteiger partial charge in [-0.15, -0.1) is 0 Å². The molecule has 1 atom stereocenters. The third kappa shape index (κ3) is 3.34. The van der Waals surface area contributed by atoms with Crippen LogP contribution in [0.4, 0.5) is 5.82 Å². The Morgan fingerprint density at radius 2 is 1.97 bits per heavy atom. The predicted octanol–water partition coefficient (Wildman–Crippen LogP) is 4.13. The largest absolute Gasteiger partial charge is 0.469 e. The molecule has 3 aromatic heterocycles. The highest BCUT2D eigenvalue weighted by atomic mass is 79.9. The molecule has 1 N–H and O–H groups in total. The van der Waals surface area contributed by atoms with E-state index in [1.54, 1.807) is 23.2 Å². The summed E-state index contributed by atoms with van der Waals surface area (Å²) in [4.78, 5) is 22.3. The maximum atomic E-state index is 13.2. The van der Waals surface area contributed by atoms with Gasteiger partial charge in [0.25, 0.3) is 0 Å². The van der Waals surface area contributed by atoms with E-state index in [0.29, 0.717) is 22.5 Å². The topological polar surface area (TPSA) is 71.9 Å². The summed E-state index contributed by atoms with van der Waals surface area (Å²) in [5.41, 5.74) is 3.24. The normalized spacial score (nSPS) is 15.2. The number of pyridine rings is 1. The van der Waals surface area contributed by atoms with Crippen molar-refractivity contribution in [3.05, 3.63) is 83.6 Å². The van der Waals surface area contributed by atoms with Gasteiger partial charge in [0.05, 0.1) is 12.7 Å². The number of nitrogens with one attached hydrogen (secondary N) is 1. The van der Waals surface area contributed by atoms with Crippen LogP contribution in [0.25, 0.3) is 22.5 Å². The maximum absolute atomic E-state index is 13.2. The molecule has 0 fully saturated rings. The monoisotopic (exact) mass is 447 g/mol. The van der Waals surface area contributed by atoms with E-state index in [9.17, 15) is 4.79 Å². The van der Waals surface area contributed by atoms with Gasteiger partial charge in [-0.25, -0.2) is 14.8 Å². The van der Waals surface area contributed by atoms with Crippen molar-refractivity contribution in [2.75, 3.05) is 5.32 Å². The van der Waals surface area contributed by atoms with Crippen LogP contribution in [0, 0.1) is 0 Å². The van der Waals surface area contributed by atoms with Crippen LogP contribution in [0.2, 0.25) is 0 Å². The summed E-state index contributed by atoms with van der Waals surface area (Å²) in [5.74, 6) is 1.39. The number of aromatic nitrogens is 3. The Bertz CT molecular complexity index is 1190. The predicted molar refractivity (Wildman–Crippen MR) is 111 cm³/mol. The van der Waals surface area contributed by atoms with E-state index in [0.717, 1.165) is 22.6 Å². The minimum atomic E-state index is -0.419. The van der Waals surface area contributed by atoms with Crippen molar-refractivity contribution < 1.29 is 13.8 Å². The molecule has 0 bridgehead atoms. The number of fused-ring (bicyclic) bond motifs is 1. The van der Waals surface area contributed by atoms with Gasteiger partial charge in [0.2, 0.25) is 6.04 Å². The van der Waals surface area contributed by atoms with Crippen molar-refractivity contribution in [3.63, 3.8) is 0 Å². The molecule has 1 aliphatic rings. The number of carbonyl (C=O) groups is 1. The van der Waals surface area contributed by atoms with Crippen molar-refractivity contribution in [1.29, 1.82) is 0 Å². The maximum Gasteiger partial charge on any atom is 0.359 e. The lowest BCUT2D eigenvalue weighted by atomic mass is 10.1. The van der Waals surface area contributed by atoms with Gasteiger partial charge in [0, 0.05) is 17.3 Å². The Labute approximate surface area is 175 Å². The summed E-state index contributed by atoms with van der Waals surface area (Å²) in [6.45, 7) is 0. The van der Waals surface area contributed by atoms with Crippen LogP contribution in [0.1, 0.15) is 10.6 Å². The summed E-state index contributed by atoms with van der Waals surface area (Å²) in [6.07, 6.45) is 5.59. The summed E-state index contributed by atoms with van der Waals surface area (Å²) < 4.78 is 7.80. The fraction of sp³-hybridized carbons (Fsp3) is 0.0909. The van der Waals surface area contributed by atoms with Crippen LogP contribution in [0.15, 0.2) is 82.3 Å². The van der Waals surface area contributed by atoms with Crippen LogP contribution in [-0.2, 0) is 6.42 Å². The number of nitrogens with zero attached hydrogens (tertiary/aromatic N) is 3. The van der Waals surface area contributed by atoms with E-state index in [1.165, 1.54) is 0 Å². The van der Waals surface area contributed by atoms with Crippen molar-refractivity contribution >= 4 is 27.7 Å². The highest BCUT2D eigenvalue weighted by Gasteiger charge is 2.41. The van der Waals surface area contributed by atoms with Gasteiger partial charge < -0.3 is 4.42 Å². The van der Waals surface area contributed by atoms with Crippen LogP contribution in [-0.4, -0.2) is 21.9 Å². The molecular formula is C22H16BrN4O2+. The molecule has 29 heavy (non-hydrogen) atoms. The molecule has 7 heteroatoms. The zero-order valence-corrected chi connectivity index (χ0v) is 16.8. The standard InChI is InChI=1S/C22H15BrN4O2/c23-19-11-15(8-9-24-19)20-21-26-17(12-16-7-4-10-29-16)22(28)27(21)13-18(25-20)14-5-2-1-3-6-14/h1-11,13,17H,12H2/p+1. The number of benzene rings is 1. The van der Waals surface area contributed by atoms with Gasteiger partial charge in [-0.3, -0.25) is 5.32 Å². The van der Waals surface area contributed by atoms with Gasteiger partial charge in [-0.05, 0) is 40.2 Å². The number of carbonyl (C=O) groups excluding carboxylic acids is 1. The molecule has 4 heterocycles. The molecule has 0 spiro atoms. The number of hydrogen-bond acceptors (Lipinski definition) is 5. The molecular weight excluding hydrogens is 432 g/mol. The molecule has 1 aromatic carbocycles. The van der Waals surface area contributed by atoms with Gasteiger partial charge >= 0.3 is 11.7 Å². The number of anilines is 1. The number of halogens is 1. The van der Waals surface area contributed by atoms with Crippen LogP contribution in [0.3, 0.4) is 0 Å². The Morgan fingerprint density at radius 3 is 2.72 bits per heavy atom. The van der Waals surface area contributed by atoms with E-state index in [-0.39, 0.29) is 5.91 Å². The second-order valence-electron chi connectivity index (χ2n) is 6.75. The molecule has 0 aliphatic carbocycles. The van der Waals surface area contributed by atoms with Crippen molar-refractivity contribution in [3.8, 4) is 22.5 Å². The lowest BCUT2D eigenvalue weighted by Gasteiger charge is -2.07. The van der Waals surface area contributed by atoms with Crippen molar-refractivity contribution in [1.82, 2.24) is 9.97 Å². The molecule has 0 saturated heterocycles. The Balaban J connectivity index is 1.64. The van der Waals surface area contributed by atoms with Crippen LogP contribution >= 0.6 is 15.9 Å². The highest BCUT2D eigenvalue weighted by Crippen LogP contribution is 2.30. The van der Waals surface area contributed by atoms with Crippen LogP contribution in [0.5, 0.6) is 0 Å². The third-order valence-electron chi connectivity index (χ3n) is 4.85. The smallest absolute Gasteiger partial charge is 0.359 e. The molecule has 0 amide bonds. The zero-order valence-electron chi connectivity index (χ0n) is 15.2. The van der Waals surface area contributed by atoms with E-state index < -0.39 is 6.04 Å². The summed E-state index contributed by atoms with van der Waals surface area (Å²) >= 11 is 3.42. The van der Waals surface area contributed by atoms with E-state index in [4.69, 9.17) is 9.40 Å². The average molecular weight is 448 g/mol. The minimum absolute atomic E-state index is 0.0367. The van der Waals surface area contributed by atoms with Crippen molar-refractivity contribution in [2.24, 2.45) is 0 Å². The minimum Gasteiger partial charge on any atom is -0.469 e. The molecule has 5 rings (SSSR count). The number of furan rings is 1.